The van der Waals surface area contributed by atoms with Gasteiger partial charge in [0.15, 0.2) is 0 Å². The maximum atomic E-state index is 13.4. The molecule has 22 heteroatoms. The van der Waals surface area contributed by atoms with Gasteiger partial charge < -0.3 is 5.11 Å². The van der Waals surface area contributed by atoms with Gasteiger partial charge in [-0.15, -0.1) is 0 Å². The summed E-state index contributed by atoms with van der Waals surface area (Å²) in [6.45, 7) is 1.12. The Balaban J connectivity index is 0. The van der Waals surface area contributed by atoms with Gasteiger partial charge in [0.25, 0.3) is 10.0 Å². The minimum atomic E-state index is -8.81. The summed E-state index contributed by atoms with van der Waals surface area (Å²) in [6, 6.07) is 0. The standard InChI is InChI=1S/C10H6F17NO2S.C2H6O/c1-2-28-31(29,30)10(26,27)8(21,22)6(17,18)4(13,14)3(11,12)5(15,16)7(19,20)9(23,24)25;1-2-3/h28H,2H2,1H3;3H,2H2,1H3. The van der Waals surface area contributed by atoms with Crippen LogP contribution in [0, 0.1) is 0 Å². The molecule has 2 N–H and O–H groups in total. The Bertz CT molecular complexity index is 790. The number of alkyl halides is 17. The molecule has 0 fully saturated rings. The van der Waals surface area contributed by atoms with E-state index in [1.165, 1.54) is 0 Å². The maximum Gasteiger partial charge on any atom is 0.460 e. The van der Waals surface area contributed by atoms with Crippen molar-refractivity contribution in [3.05, 3.63) is 0 Å². The van der Waals surface area contributed by atoms with E-state index in [4.69, 9.17) is 5.11 Å². The van der Waals surface area contributed by atoms with Gasteiger partial charge in [-0.3, -0.25) is 0 Å². The lowest BCUT2D eigenvalue weighted by Crippen LogP contribution is -2.75. The lowest BCUT2D eigenvalue weighted by Gasteiger charge is -2.42. The van der Waals surface area contributed by atoms with Crippen molar-refractivity contribution in [3.63, 3.8) is 0 Å². The fourth-order valence-corrected chi connectivity index (χ4v) is 2.63. The average Bonchev–Trinajstić information content (AvgIpc) is 2.60. The summed E-state index contributed by atoms with van der Waals surface area (Å²) in [5.41, 5.74) is 0. The van der Waals surface area contributed by atoms with Crippen LogP contribution in [0.2, 0.25) is 0 Å². The molecule has 208 valence electrons. The van der Waals surface area contributed by atoms with Crippen LogP contribution >= 0.6 is 0 Å². The zero-order chi connectivity index (χ0) is 28.6. The Morgan fingerprint density at radius 2 is 0.794 bits per heavy atom. The quantitative estimate of drug-likeness (QED) is 0.387. The molecule has 0 saturated heterocycles. The van der Waals surface area contributed by atoms with Gasteiger partial charge >= 0.3 is 47.0 Å². The summed E-state index contributed by atoms with van der Waals surface area (Å²) in [7, 11) is -7.15. The van der Waals surface area contributed by atoms with Gasteiger partial charge in [0.1, 0.15) is 0 Å². The van der Waals surface area contributed by atoms with Crippen molar-refractivity contribution in [1.82, 2.24) is 4.72 Å². The highest BCUT2D eigenvalue weighted by atomic mass is 32.2. The Morgan fingerprint density at radius 1 is 0.559 bits per heavy atom. The minimum Gasteiger partial charge on any atom is -0.397 e. The molecule has 0 aliphatic carbocycles. The van der Waals surface area contributed by atoms with Crippen molar-refractivity contribution in [2.45, 2.75) is 60.8 Å². The first-order chi connectivity index (χ1) is 14.5. The fraction of sp³-hybridized carbons (Fsp3) is 1.00. The summed E-state index contributed by atoms with van der Waals surface area (Å²) in [4.78, 5) is 0. The van der Waals surface area contributed by atoms with E-state index in [9.17, 15) is 83.1 Å². The van der Waals surface area contributed by atoms with Crippen LogP contribution in [-0.4, -0.2) is 73.6 Å². The van der Waals surface area contributed by atoms with E-state index in [1.54, 1.807) is 6.92 Å². The van der Waals surface area contributed by atoms with E-state index in [0.29, 0.717) is 11.6 Å². The Kier molecular flexibility index (Phi) is 9.86. The predicted molar refractivity (Wildman–Crippen MR) is 76.0 cm³/mol. The van der Waals surface area contributed by atoms with Crippen LogP contribution in [0.5, 0.6) is 0 Å². The summed E-state index contributed by atoms with van der Waals surface area (Å²) in [5, 5.41) is 0.0703. The lowest BCUT2D eigenvalue weighted by molar-refractivity contribution is -0.458. The van der Waals surface area contributed by atoms with Gasteiger partial charge in [-0.05, 0) is 6.92 Å². The van der Waals surface area contributed by atoms with E-state index >= 15 is 0 Å². The molecule has 0 saturated carbocycles. The number of sulfonamides is 1. The van der Waals surface area contributed by atoms with Crippen molar-refractivity contribution < 1.29 is 88.2 Å². The normalized spacial score (nSPS) is 15.6. The molecule has 0 unspecified atom stereocenters. The van der Waals surface area contributed by atoms with Gasteiger partial charge in [0.05, 0.1) is 0 Å². The maximum absolute atomic E-state index is 13.4. The summed E-state index contributed by atoms with van der Waals surface area (Å²) in [6.07, 6.45) is -7.86. The molecule has 0 spiro atoms. The van der Waals surface area contributed by atoms with Crippen LogP contribution < -0.4 is 4.72 Å². The number of halogens is 17. The number of aliphatic hydroxyl groups is 1. The Labute approximate surface area is 178 Å². The first-order valence-corrected chi connectivity index (χ1v) is 9.27. The first kappa shape index (κ1) is 34.8. The molecule has 0 bridgehead atoms. The number of aliphatic hydroxyl groups excluding tert-OH is 1. The third kappa shape index (κ3) is 4.85. The molecule has 0 aromatic carbocycles. The van der Waals surface area contributed by atoms with Crippen molar-refractivity contribution in [3.8, 4) is 0 Å². The second-order valence-corrected chi connectivity index (χ2v) is 7.59. The van der Waals surface area contributed by atoms with Crippen LogP contribution in [0.15, 0.2) is 0 Å². The fourth-order valence-electron chi connectivity index (χ4n) is 1.60. The molecule has 0 amide bonds. The minimum absolute atomic E-state index is 0.250. The second kappa shape index (κ2) is 9.62. The predicted octanol–water partition coefficient (Wildman–Crippen LogP) is 4.89. The van der Waals surface area contributed by atoms with Gasteiger partial charge in [-0.25, -0.2) is 13.1 Å². The number of hydrogen-bond donors (Lipinski definition) is 2. The van der Waals surface area contributed by atoms with E-state index < -0.39 is 63.5 Å². The third-order valence-electron chi connectivity index (χ3n) is 3.37. The highest BCUT2D eigenvalue weighted by molar-refractivity contribution is 7.90. The van der Waals surface area contributed by atoms with Crippen LogP contribution in [0.4, 0.5) is 74.6 Å². The molecule has 0 aromatic rings. The largest absolute Gasteiger partial charge is 0.460 e. The highest BCUT2D eigenvalue weighted by Gasteiger charge is 2.96. The molecule has 0 aromatic heterocycles. The van der Waals surface area contributed by atoms with Crippen molar-refractivity contribution in [1.29, 1.82) is 0 Å². The number of hydrogen-bond acceptors (Lipinski definition) is 3. The van der Waals surface area contributed by atoms with Gasteiger partial charge in [0.2, 0.25) is 0 Å². The van der Waals surface area contributed by atoms with Crippen LogP contribution in [0.1, 0.15) is 13.8 Å². The summed E-state index contributed by atoms with van der Waals surface area (Å²) >= 11 is 0. The zero-order valence-electron chi connectivity index (χ0n) is 16.0. The van der Waals surface area contributed by atoms with Crippen molar-refractivity contribution in [2.75, 3.05) is 13.2 Å². The van der Waals surface area contributed by atoms with Crippen molar-refractivity contribution >= 4 is 10.0 Å². The molecule has 0 aliphatic rings. The van der Waals surface area contributed by atoms with E-state index in [-0.39, 0.29) is 6.61 Å². The second-order valence-electron chi connectivity index (χ2n) is 5.78. The van der Waals surface area contributed by atoms with Crippen LogP contribution in [-0.2, 0) is 10.0 Å². The highest BCUT2D eigenvalue weighted by Crippen LogP contribution is 2.64. The molecule has 0 rings (SSSR count). The van der Waals surface area contributed by atoms with E-state index in [2.05, 4.69) is 0 Å². The Hall–Kier alpha value is -1.32. The number of nitrogens with one attached hydrogen (secondary N) is 1. The zero-order valence-corrected chi connectivity index (χ0v) is 16.8. The SMILES string of the molecule is CCNS(=O)(=O)C(F)(F)C(F)(F)C(F)(F)C(F)(F)C(F)(F)C(F)(F)C(F)(F)C(F)(F)F.CCO. The average molecular weight is 573 g/mol. The van der Waals surface area contributed by atoms with E-state index in [1.807, 2.05) is 0 Å². The lowest BCUT2D eigenvalue weighted by atomic mass is 9.91. The van der Waals surface area contributed by atoms with Crippen molar-refractivity contribution in [2.24, 2.45) is 0 Å². The van der Waals surface area contributed by atoms with Gasteiger partial charge in [0, 0.05) is 13.2 Å². The van der Waals surface area contributed by atoms with Gasteiger partial charge in [-0.1, -0.05) is 6.92 Å². The molecule has 34 heavy (non-hydrogen) atoms. The van der Waals surface area contributed by atoms with E-state index in [0.717, 1.165) is 0 Å². The molecular weight excluding hydrogens is 561 g/mol. The topological polar surface area (TPSA) is 66.4 Å². The smallest absolute Gasteiger partial charge is 0.397 e. The third-order valence-corrected chi connectivity index (χ3v) is 4.97. The summed E-state index contributed by atoms with van der Waals surface area (Å²) < 4.78 is 242. The van der Waals surface area contributed by atoms with Crippen LogP contribution in [0.3, 0.4) is 0 Å². The molecule has 0 atom stereocenters. The molecule has 0 aliphatic heterocycles. The number of rotatable bonds is 9. The monoisotopic (exact) mass is 573 g/mol. The molecule has 0 radical (unpaired) electrons. The first-order valence-electron chi connectivity index (χ1n) is 7.79. The summed E-state index contributed by atoms with van der Waals surface area (Å²) in [5.74, 6) is -51.4. The van der Waals surface area contributed by atoms with Gasteiger partial charge in [-0.2, -0.15) is 74.6 Å². The molecule has 0 heterocycles. The molecule has 4 nitrogen and oxygen atoms in total. The van der Waals surface area contributed by atoms with Crippen LogP contribution in [0.25, 0.3) is 0 Å². The molecular formula is C12H12F17NO3S. The Morgan fingerprint density at radius 3 is 1.03 bits per heavy atom.